The predicted octanol–water partition coefficient (Wildman–Crippen LogP) is 1.96. The minimum Gasteiger partial charge on any atom is -0.385 e. The molecule has 15 heavy (non-hydrogen) atoms. The fraction of sp³-hybridized carbons (Fsp3) is 0.545. The van der Waals surface area contributed by atoms with E-state index in [0.29, 0.717) is 0 Å². The van der Waals surface area contributed by atoms with Crippen molar-refractivity contribution in [3.63, 3.8) is 0 Å². The first-order valence-corrected chi connectivity index (χ1v) is 5.23. The summed E-state index contributed by atoms with van der Waals surface area (Å²) in [6.45, 7) is 1.80. The number of aromatic nitrogens is 1. The summed E-state index contributed by atoms with van der Waals surface area (Å²) in [5, 5.41) is 6.35. The van der Waals surface area contributed by atoms with E-state index in [-0.39, 0.29) is 0 Å². The Bertz CT molecular complexity index is 278. The molecule has 1 rings (SSSR count). The summed E-state index contributed by atoms with van der Waals surface area (Å²) in [5.41, 5.74) is 1.10. The Hall–Kier alpha value is -1.29. The van der Waals surface area contributed by atoms with Crippen molar-refractivity contribution in [2.75, 3.05) is 37.9 Å². The maximum atomic E-state index is 4.98. The number of unbranched alkanes of at least 4 members (excludes halogenated alkanes) is 1. The minimum atomic E-state index is 0.833. The van der Waals surface area contributed by atoms with Crippen LogP contribution in [-0.2, 0) is 4.74 Å². The van der Waals surface area contributed by atoms with Crippen molar-refractivity contribution in [2.24, 2.45) is 0 Å². The van der Waals surface area contributed by atoms with Gasteiger partial charge in [0.1, 0.15) is 5.82 Å². The molecule has 1 aromatic heterocycles. The summed E-state index contributed by atoms with van der Waals surface area (Å²) in [4.78, 5) is 4.14. The molecule has 1 aromatic rings. The van der Waals surface area contributed by atoms with Crippen LogP contribution in [0.25, 0.3) is 0 Å². The number of anilines is 2. The molecule has 4 heteroatoms. The molecule has 4 nitrogen and oxygen atoms in total. The van der Waals surface area contributed by atoms with Gasteiger partial charge in [0.2, 0.25) is 0 Å². The Kier molecular flexibility index (Phi) is 5.55. The van der Waals surface area contributed by atoms with Crippen molar-refractivity contribution in [1.82, 2.24) is 4.98 Å². The van der Waals surface area contributed by atoms with E-state index in [0.717, 1.165) is 37.5 Å². The van der Waals surface area contributed by atoms with Crippen LogP contribution < -0.4 is 10.6 Å². The molecule has 0 atom stereocenters. The molecule has 0 spiro atoms. The van der Waals surface area contributed by atoms with Crippen molar-refractivity contribution in [2.45, 2.75) is 12.8 Å². The van der Waals surface area contributed by atoms with Gasteiger partial charge in [-0.3, -0.25) is 0 Å². The average Bonchev–Trinajstić information content (AvgIpc) is 2.29. The highest BCUT2D eigenvalue weighted by Crippen LogP contribution is 2.10. The number of nitrogens with zero attached hydrogens (tertiary/aromatic N) is 1. The Morgan fingerprint density at radius 2 is 2.27 bits per heavy atom. The molecular formula is C11H19N3O. The zero-order valence-corrected chi connectivity index (χ0v) is 9.42. The average molecular weight is 209 g/mol. The van der Waals surface area contributed by atoms with Gasteiger partial charge in [-0.25, -0.2) is 4.98 Å². The minimum absolute atomic E-state index is 0.833. The van der Waals surface area contributed by atoms with Crippen LogP contribution in [0, 0.1) is 0 Å². The van der Waals surface area contributed by atoms with Crippen molar-refractivity contribution < 1.29 is 4.74 Å². The second-order valence-electron chi connectivity index (χ2n) is 3.31. The van der Waals surface area contributed by atoms with Gasteiger partial charge in [0.05, 0.1) is 0 Å². The molecule has 0 unspecified atom stereocenters. The van der Waals surface area contributed by atoms with Gasteiger partial charge in [0.15, 0.2) is 0 Å². The molecule has 0 saturated heterocycles. The van der Waals surface area contributed by atoms with Gasteiger partial charge in [0, 0.05) is 45.3 Å². The van der Waals surface area contributed by atoms with Gasteiger partial charge in [0.25, 0.3) is 0 Å². The third kappa shape index (κ3) is 4.65. The first-order chi connectivity index (χ1) is 7.36. The number of ether oxygens (including phenoxy) is 1. The molecule has 0 fully saturated rings. The molecule has 0 aromatic carbocycles. The van der Waals surface area contributed by atoms with E-state index in [1.165, 1.54) is 0 Å². The molecule has 0 amide bonds. The van der Waals surface area contributed by atoms with Crippen molar-refractivity contribution in [1.29, 1.82) is 0 Å². The quantitative estimate of drug-likeness (QED) is 0.674. The lowest BCUT2D eigenvalue weighted by Gasteiger charge is -2.07. The second-order valence-corrected chi connectivity index (χ2v) is 3.31. The highest BCUT2D eigenvalue weighted by atomic mass is 16.5. The third-order valence-electron chi connectivity index (χ3n) is 2.12. The molecule has 0 radical (unpaired) electrons. The van der Waals surface area contributed by atoms with E-state index in [1.807, 2.05) is 19.2 Å². The fourth-order valence-electron chi connectivity index (χ4n) is 1.28. The highest BCUT2D eigenvalue weighted by molar-refractivity contribution is 5.51. The van der Waals surface area contributed by atoms with Gasteiger partial charge in [-0.1, -0.05) is 0 Å². The summed E-state index contributed by atoms with van der Waals surface area (Å²) < 4.78 is 4.98. The summed E-state index contributed by atoms with van der Waals surface area (Å²) in [7, 11) is 3.60. The summed E-state index contributed by atoms with van der Waals surface area (Å²) >= 11 is 0. The maximum absolute atomic E-state index is 4.98. The number of hydrogen-bond acceptors (Lipinski definition) is 4. The SMILES string of the molecule is CNc1cc(NCCCCOC)ccn1. The molecule has 0 aliphatic heterocycles. The molecule has 0 aliphatic carbocycles. The van der Waals surface area contributed by atoms with Crippen LogP contribution in [0.2, 0.25) is 0 Å². The number of pyridine rings is 1. The van der Waals surface area contributed by atoms with Crippen LogP contribution in [0.1, 0.15) is 12.8 Å². The Morgan fingerprint density at radius 1 is 1.40 bits per heavy atom. The molecule has 0 saturated carbocycles. The molecule has 0 aliphatic rings. The molecule has 1 heterocycles. The van der Waals surface area contributed by atoms with Crippen LogP contribution >= 0.6 is 0 Å². The lowest BCUT2D eigenvalue weighted by atomic mass is 10.3. The molecule has 84 valence electrons. The monoisotopic (exact) mass is 209 g/mol. The van der Waals surface area contributed by atoms with Crippen molar-refractivity contribution >= 4 is 11.5 Å². The highest BCUT2D eigenvalue weighted by Gasteiger charge is 1.94. The van der Waals surface area contributed by atoms with Gasteiger partial charge >= 0.3 is 0 Å². The predicted molar refractivity (Wildman–Crippen MR) is 63.4 cm³/mol. The van der Waals surface area contributed by atoms with E-state index < -0.39 is 0 Å². The maximum Gasteiger partial charge on any atom is 0.127 e. The fourth-order valence-corrected chi connectivity index (χ4v) is 1.28. The number of nitrogens with one attached hydrogen (secondary N) is 2. The van der Waals surface area contributed by atoms with Crippen LogP contribution in [0.3, 0.4) is 0 Å². The van der Waals surface area contributed by atoms with E-state index in [9.17, 15) is 0 Å². The van der Waals surface area contributed by atoms with Crippen molar-refractivity contribution in [3.8, 4) is 0 Å². The zero-order chi connectivity index (χ0) is 10.9. The number of hydrogen-bond donors (Lipinski definition) is 2. The topological polar surface area (TPSA) is 46.2 Å². The van der Waals surface area contributed by atoms with Crippen molar-refractivity contribution in [3.05, 3.63) is 18.3 Å². The van der Waals surface area contributed by atoms with E-state index in [1.54, 1.807) is 13.3 Å². The lowest BCUT2D eigenvalue weighted by molar-refractivity contribution is 0.194. The smallest absolute Gasteiger partial charge is 0.127 e. The van der Waals surface area contributed by atoms with Crippen LogP contribution in [-0.4, -0.2) is 32.3 Å². The van der Waals surface area contributed by atoms with Gasteiger partial charge < -0.3 is 15.4 Å². The number of methoxy groups -OCH3 is 1. The zero-order valence-electron chi connectivity index (χ0n) is 9.42. The van der Waals surface area contributed by atoms with Gasteiger partial charge in [-0.15, -0.1) is 0 Å². The Balaban J connectivity index is 2.24. The summed E-state index contributed by atoms with van der Waals surface area (Å²) in [6, 6.07) is 3.97. The molecule has 2 N–H and O–H groups in total. The van der Waals surface area contributed by atoms with E-state index >= 15 is 0 Å². The van der Waals surface area contributed by atoms with Crippen LogP contribution in [0.15, 0.2) is 18.3 Å². The first kappa shape index (κ1) is 11.8. The number of rotatable bonds is 7. The normalized spacial score (nSPS) is 10.0. The molecule has 0 bridgehead atoms. The Labute approximate surface area is 91.1 Å². The lowest BCUT2D eigenvalue weighted by Crippen LogP contribution is -2.03. The Morgan fingerprint density at radius 3 is 3.00 bits per heavy atom. The van der Waals surface area contributed by atoms with Gasteiger partial charge in [-0.05, 0) is 18.9 Å². The first-order valence-electron chi connectivity index (χ1n) is 5.23. The summed E-state index contributed by atoms with van der Waals surface area (Å²) in [6.07, 6.45) is 4.00. The molecular weight excluding hydrogens is 190 g/mol. The largest absolute Gasteiger partial charge is 0.385 e. The van der Waals surface area contributed by atoms with E-state index in [4.69, 9.17) is 4.74 Å². The van der Waals surface area contributed by atoms with Crippen LogP contribution in [0.5, 0.6) is 0 Å². The van der Waals surface area contributed by atoms with Gasteiger partial charge in [-0.2, -0.15) is 0 Å². The third-order valence-corrected chi connectivity index (χ3v) is 2.12. The van der Waals surface area contributed by atoms with Crippen LogP contribution in [0.4, 0.5) is 11.5 Å². The summed E-state index contributed by atoms with van der Waals surface area (Å²) in [5.74, 6) is 0.886. The standard InChI is InChI=1S/C11H19N3O/c1-12-11-9-10(5-7-14-11)13-6-3-4-8-15-2/h5,7,9H,3-4,6,8H2,1-2H3,(H2,12,13,14). The second kappa shape index (κ2) is 7.06. The van der Waals surface area contributed by atoms with E-state index in [2.05, 4.69) is 15.6 Å².